The minimum atomic E-state index is -0.482. The lowest BCUT2D eigenvalue weighted by atomic mass is 9.95. The fraction of sp³-hybridized carbons (Fsp3) is 0.474. The largest absolute Gasteiger partial charge is 0.459 e. The second-order valence-electron chi connectivity index (χ2n) is 6.56. The van der Waals surface area contributed by atoms with Gasteiger partial charge in [-0.3, -0.25) is 0 Å². The molecular weight excluding hydrogens is 308 g/mol. The zero-order valence-electron chi connectivity index (χ0n) is 14.3. The van der Waals surface area contributed by atoms with E-state index in [1.54, 1.807) is 0 Å². The Balaban J connectivity index is 1.92. The minimum Gasteiger partial charge on any atom is -0.459 e. The first-order valence-electron chi connectivity index (χ1n) is 8.31. The number of hydrogen-bond acceptors (Lipinski definition) is 5. The molecule has 3 rings (SSSR count). The number of fused-ring (bicyclic) bond motifs is 1. The number of hydrogen-bond donors (Lipinski definition) is 0. The Bertz CT molecular complexity index is 812. The molecule has 0 aliphatic carbocycles. The Labute approximate surface area is 140 Å². The van der Waals surface area contributed by atoms with Crippen LogP contribution in [0.3, 0.4) is 0 Å². The summed E-state index contributed by atoms with van der Waals surface area (Å²) in [5, 5.41) is 0.809. The minimum absolute atomic E-state index is 0.0430. The monoisotopic (exact) mass is 330 g/mol. The summed E-state index contributed by atoms with van der Waals surface area (Å²) in [6.45, 7) is 6.86. The van der Waals surface area contributed by atoms with Crippen molar-refractivity contribution in [1.29, 1.82) is 0 Å². The maximum Gasteiger partial charge on any atom is 0.336 e. The maximum absolute atomic E-state index is 12.0. The van der Waals surface area contributed by atoms with Crippen LogP contribution < -0.4 is 5.63 Å². The molecule has 1 aliphatic rings. The first kappa shape index (κ1) is 16.7. The number of ether oxygens (including phenoxy) is 2. The van der Waals surface area contributed by atoms with Gasteiger partial charge in [0.05, 0.1) is 0 Å². The van der Waals surface area contributed by atoms with Crippen LogP contribution in [0.1, 0.15) is 49.3 Å². The van der Waals surface area contributed by atoms with Crippen molar-refractivity contribution in [3.05, 3.63) is 45.3 Å². The van der Waals surface area contributed by atoms with E-state index in [0.717, 1.165) is 17.4 Å². The SMILES string of the molecule is Cc1cc2oc(=O)cc(COC(=O)C3CCCO3)c2cc1C(C)C. The van der Waals surface area contributed by atoms with Crippen molar-refractivity contribution < 1.29 is 18.7 Å². The molecule has 2 heterocycles. The van der Waals surface area contributed by atoms with Crippen molar-refractivity contribution in [2.45, 2.75) is 52.2 Å². The van der Waals surface area contributed by atoms with Crippen molar-refractivity contribution in [2.75, 3.05) is 6.61 Å². The second kappa shape index (κ2) is 6.77. The van der Waals surface area contributed by atoms with E-state index in [1.807, 2.05) is 19.1 Å². The molecule has 24 heavy (non-hydrogen) atoms. The van der Waals surface area contributed by atoms with Gasteiger partial charge >= 0.3 is 11.6 Å². The zero-order valence-corrected chi connectivity index (χ0v) is 14.3. The van der Waals surface area contributed by atoms with Crippen LogP contribution in [-0.4, -0.2) is 18.7 Å². The third-order valence-corrected chi connectivity index (χ3v) is 4.40. The van der Waals surface area contributed by atoms with Crippen molar-refractivity contribution in [3.63, 3.8) is 0 Å². The van der Waals surface area contributed by atoms with Gasteiger partial charge in [0, 0.05) is 23.6 Å². The summed E-state index contributed by atoms with van der Waals surface area (Å²) in [6.07, 6.45) is 1.08. The van der Waals surface area contributed by atoms with Gasteiger partial charge in [-0.15, -0.1) is 0 Å². The van der Waals surface area contributed by atoms with Crippen LogP contribution in [0.5, 0.6) is 0 Å². The highest BCUT2D eigenvalue weighted by molar-refractivity contribution is 5.82. The van der Waals surface area contributed by atoms with Crippen LogP contribution in [0, 0.1) is 6.92 Å². The van der Waals surface area contributed by atoms with Gasteiger partial charge in [0.15, 0.2) is 6.10 Å². The van der Waals surface area contributed by atoms with Gasteiger partial charge in [-0.1, -0.05) is 13.8 Å². The predicted octanol–water partition coefficient (Wildman–Crippen LogP) is 3.45. The second-order valence-corrected chi connectivity index (χ2v) is 6.56. The van der Waals surface area contributed by atoms with Gasteiger partial charge in [-0.05, 0) is 48.9 Å². The number of aryl methyl sites for hydroxylation is 1. The molecule has 0 saturated carbocycles. The Kier molecular flexibility index (Phi) is 4.71. The highest BCUT2D eigenvalue weighted by Gasteiger charge is 2.25. The van der Waals surface area contributed by atoms with Crippen molar-refractivity contribution in [2.24, 2.45) is 0 Å². The Morgan fingerprint density at radius 3 is 2.79 bits per heavy atom. The van der Waals surface area contributed by atoms with E-state index in [-0.39, 0.29) is 12.6 Å². The van der Waals surface area contributed by atoms with E-state index in [1.165, 1.54) is 11.6 Å². The van der Waals surface area contributed by atoms with E-state index >= 15 is 0 Å². The summed E-state index contributed by atoms with van der Waals surface area (Å²) in [5.74, 6) is -0.0197. The molecule has 5 heteroatoms. The molecule has 0 spiro atoms. The average molecular weight is 330 g/mol. The number of benzene rings is 1. The summed E-state index contributed by atoms with van der Waals surface area (Å²) >= 11 is 0. The zero-order chi connectivity index (χ0) is 17.3. The Morgan fingerprint density at radius 2 is 2.12 bits per heavy atom. The van der Waals surface area contributed by atoms with Crippen LogP contribution in [0.2, 0.25) is 0 Å². The molecule has 1 aromatic heterocycles. The number of carbonyl (C=O) groups is 1. The number of rotatable bonds is 4. The molecule has 1 aromatic carbocycles. The van der Waals surface area contributed by atoms with Gasteiger partial charge in [-0.2, -0.15) is 0 Å². The van der Waals surface area contributed by atoms with Gasteiger partial charge in [-0.25, -0.2) is 9.59 Å². The molecule has 1 unspecified atom stereocenters. The predicted molar refractivity (Wildman–Crippen MR) is 90.1 cm³/mol. The molecule has 1 aliphatic heterocycles. The number of esters is 1. The summed E-state index contributed by atoms with van der Waals surface area (Å²) in [7, 11) is 0. The van der Waals surface area contributed by atoms with Crippen molar-refractivity contribution in [1.82, 2.24) is 0 Å². The molecule has 128 valence electrons. The molecule has 0 radical (unpaired) electrons. The van der Waals surface area contributed by atoms with E-state index < -0.39 is 11.7 Å². The highest BCUT2D eigenvalue weighted by atomic mass is 16.6. The fourth-order valence-electron chi connectivity index (χ4n) is 3.14. The van der Waals surface area contributed by atoms with E-state index in [9.17, 15) is 9.59 Å². The van der Waals surface area contributed by atoms with Crippen LogP contribution in [-0.2, 0) is 20.9 Å². The van der Waals surface area contributed by atoms with E-state index in [4.69, 9.17) is 13.9 Å². The standard InChI is InChI=1S/C19H22O5/c1-11(2)14-9-15-13(8-18(20)24-17(15)7-12(14)3)10-23-19(21)16-5-4-6-22-16/h7-9,11,16H,4-6,10H2,1-3H3. The first-order valence-corrected chi connectivity index (χ1v) is 8.31. The molecule has 0 amide bonds. The average Bonchev–Trinajstić information content (AvgIpc) is 3.05. The third kappa shape index (κ3) is 3.36. The molecule has 1 atom stereocenters. The topological polar surface area (TPSA) is 65.7 Å². The van der Waals surface area contributed by atoms with Gasteiger partial charge in [0.25, 0.3) is 0 Å². The van der Waals surface area contributed by atoms with Crippen LogP contribution >= 0.6 is 0 Å². The lowest BCUT2D eigenvalue weighted by Gasteiger charge is -2.14. The van der Waals surface area contributed by atoms with Crippen LogP contribution in [0.25, 0.3) is 11.0 Å². The highest BCUT2D eigenvalue weighted by Crippen LogP contribution is 2.27. The molecule has 1 saturated heterocycles. The molecule has 5 nitrogen and oxygen atoms in total. The fourth-order valence-corrected chi connectivity index (χ4v) is 3.14. The molecule has 1 fully saturated rings. The Morgan fingerprint density at radius 1 is 1.33 bits per heavy atom. The lowest BCUT2D eigenvalue weighted by molar-refractivity contribution is -0.155. The van der Waals surface area contributed by atoms with Crippen molar-refractivity contribution >= 4 is 16.9 Å². The maximum atomic E-state index is 12.0. The number of carbonyl (C=O) groups excluding carboxylic acids is 1. The smallest absolute Gasteiger partial charge is 0.336 e. The summed E-state index contributed by atoms with van der Waals surface area (Å²) < 4.78 is 16.0. The summed E-state index contributed by atoms with van der Waals surface area (Å²) in [6, 6.07) is 5.29. The first-order chi connectivity index (χ1) is 11.5. The van der Waals surface area contributed by atoms with Gasteiger partial charge in [0.2, 0.25) is 0 Å². The van der Waals surface area contributed by atoms with Crippen molar-refractivity contribution in [3.8, 4) is 0 Å². The van der Waals surface area contributed by atoms with E-state index in [0.29, 0.717) is 30.1 Å². The molecular formula is C19H22O5. The van der Waals surface area contributed by atoms with Crippen LogP contribution in [0.15, 0.2) is 27.4 Å². The molecule has 0 N–H and O–H groups in total. The van der Waals surface area contributed by atoms with Crippen LogP contribution in [0.4, 0.5) is 0 Å². The summed E-state index contributed by atoms with van der Waals surface area (Å²) in [5.41, 5.74) is 3.00. The third-order valence-electron chi connectivity index (χ3n) is 4.40. The quantitative estimate of drug-likeness (QED) is 0.634. The normalized spacial score (nSPS) is 17.6. The molecule has 0 bridgehead atoms. The lowest BCUT2D eigenvalue weighted by Crippen LogP contribution is -2.22. The Hall–Kier alpha value is -2.14. The van der Waals surface area contributed by atoms with Gasteiger partial charge in [0.1, 0.15) is 12.2 Å². The summed E-state index contributed by atoms with van der Waals surface area (Å²) in [4.78, 5) is 23.8. The van der Waals surface area contributed by atoms with Gasteiger partial charge < -0.3 is 13.9 Å². The molecule has 2 aromatic rings. The van der Waals surface area contributed by atoms with E-state index in [2.05, 4.69) is 13.8 Å².